The van der Waals surface area contributed by atoms with Crippen LogP contribution in [0.2, 0.25) is 0 Å². The lowest BCUT2D eigenvalue weighted by molar-refractivity contribution is -0.131. The number of carbonyl (C=O) groups is 1. The summed E-state index contributed by atoms with van der Waals surface area (Å²) in [6.07, 6.45) is 0. The Morgan fingerprint density at radius 1 is 1.19 bits per heavy atom. The summed E-state index contributed by atoms with van der Waals surface area (Å²) in [6.45, 7) is 3.72. The molecule has 0 aromatic heterocycles. The van der Waals surface area contributed by atoms with Crippen LogP contribution in [0.15, 0.2) is 18.2 Å². The molecule has 2 nitrogen and oxygen atoms in total. The van der Waals surface area contributed by atoms with Crippen molar-refractivity contribution in [2.45, 2.75) is 22.5 Å². The topological polar surface area (TPSA) is 26.3 Å². The third-order valence-corrected chi connectivity index (χ3v) is 9.91. The minimum atomic E-state index is -0.245. The Morgan fingerprint density at radius 3 is 2.48 bits per heavy atom. The molecular weight excluding hydrogens is 340 g/mol. The van der Waals surface area contributed by atoms with E-state index in [-0.39, 0.29) is 10.0 Å². The van der Waals surface area contributed by atoms with Crippen LogP contribution >= 0.6 is 47.0 Å². The third kappa shape index (κ3) is 3.54. The first kappa shape index (κ1) is 16.0. The molecule has 1 aromatic rings. The lowest BCUT2D eigenvalue weighted by Crippen LogP contribution is -2.14. The molecule has 0 radical (unpaired) electrons. The standard InChI is InChI=1S/C15H18O2S4/c1-10(16)17-13-4-3-11(14-18-5-6-19-14)9-12(13)15(2)20-7-8-21-15/h3-4,9,14H,5-8H2,1-2H3. The van der Waals surface area contributed by atoms with Crippen LogP contribution in [-0.4, -0.2) is 29.0 Å². The minimum absolute atomic E-state index is 0.00523. The normalized spacial score (nSPS) is 21.6. The van der Waals surface area contributed by atoms with Gasteiger partial charge in [-0.2, -0.15) is 0 Å². The lowest BCUT2D eigenvalue weighted by Gasteiger charge is -2.26. The van der Waals surface area contributed by atoms with Gasteiger partial charge in [-0.05, 0) is 24.6 Å². The second-order valence-electron chi connectivity index (χ2n) is 5.07. The zero-order valence-corrected chi connectivity index (χ0v) is 15.4. The number of hydrogen-bond acceptors (Lipinski definition) is 6. The van der Waals surface area contributed by atoms with Gasteiger partial charge in [0.25, 0.3) is 0 Å². The lowest BCUT2D eigenvalue weighted by atomic mass is 10.1. The fourth-order valence-corrected chi connectivity index (χ4v) is 8.26. The zero-order valence-electron chi connectivity index (χ0n) is 12.1. The number of thioether (sulfide) groups is 4. The molecule has 0 saturated carbocycles. The molecule has 3 rings (SSSR count). The van der Waals surface area contributed by atoms with Crippen LogP contribution < -0.4 is 4.74 Å². The number of hydrogen-bond donors (Lipinski definition) is 0. The van der Waals surface area contributed by atoms with Gasteiger partial charge >= 0.3 is 5.97 Å². The van der Waals surface area contributed by atoms with E-state index in [2.05, 4.69) is 19.1 Å². The number of esters is 1. The van der Waals surface area contributed by atoms with Crippen molar-refractivity contribution in [3.05, 3.63) is 29.3 Å². The molecule has 6 heteroatoms. The fourth-order valence-electron chi connectivity index (χ4n) is 2.51. The summed E-state index contributed by atoms with van der Waals surface area (Å²) in [5.74, 6) is 5.22. The van der Waals surface area contributed by atoms with Gasteiger partial charge in [-0.15, -0.1) is 47.0 Å². The first-order valence-corrected chi connectivity index (χ1v) is 11.0. The Kier molecular flexibility index (Phi) is 5.08. The maximum Gasteiger partial charge on any atom is 0.308 e. The van der Waals surface area contributed by atoms with Crippen molar-refractivity contribution in [2.75, 3.05) is 23.0 Å². The first-order chi connectivity index (χ1) is 10.1. The van der Waals surface area contributed by atoms with Crippen LogP contribution in [0.3, 0.4) is 0 Å². The van der Waals surface area contributed by atoms with Crippen LogP contribution in [0, 0.1) is 0 Å². The van der Waals surface area contributed by atoms with Gasteiger partial charge in [-0.1, -0.05) is 6.07 Å². The molecule has 2 aliphatic heterocycles. The second kappa shape index (κ2) is 6.69. The van der Waals surface area contributed by atoms with Gasteiger partial charge in [0.2, 0.25) is 0 Å². The van der Waals surface area contributed by atoms with E-state index in [1.54, 1.807) is 0 Å². The molecule has 0 aliphatic carbocycles. The van der Waals surface area contributed by atoms with Crippen molar-refractivity contribution >= 4 is 53.0 Å². The Bertz CT molecular complexity index is 534. The van der Waals surface area contributed by atoms with Gasteiger partial charge in [0, 0.05) is 35.5 Å². The molecule has 0 N–H and O–H groups in total. The van der Waals surface area contributed by atoms with Gasteiger partial charge in [0.05, 0.1) is 8.66 Å². The highest BCUT2D eigenvalue weighted by atomic mass is 32.2. The van der Waals surface area contributed by atoms with Gasteiger partial charge in [0.1, 0.15) is 5.75 Å². The molecule has 114 valence electrons. The monoisotopic (exact) mass is 358 g/mol. The molecule has 0 unspecified atom stereocenters. The van der Waals surface area contributed by atoms with Crippen molar-refractivity contribution in [3.63, 3.8) is 0 Å². The minimum Gasteiger partial charge on any atom is -0.426 e. The van der Waals surface area contributed by atoms with Gasteiger partial charge in [-0.25, -0.2) is 0 Å². The number of rotatable bonds is 3. The SMILES string of the molecule is CC(=O)Oc1ccc(C2SCCS2)cc1C1(C)SCCS1. The van der Waals surface area contributed by atoms with Crippen LogP contribution in [0.1, 0.15) is 29.6 Å². The number of ether oxygens (including phenoxy) is 1. The maximum atomic E-state index is 11.4. The molecule has 2 heterocycles. The summed E-state index contributed by atoms with van der Waals surface area (Å²) in [6, 6.07) is 6.36. The average Bonchev–Trinajstić information content (AvgIpc) is 3.10. The van der Waals surface area contributed by atoms with Gasteiger partial charge in [0.15, 0.2) is 0 Å². The highest BCUT2D eigenvalue weighted by molar-refractivity contribution is 8.20. The Morgan fingerprint density at radius 2 is 1.86 bits per heavy atom. The summed E-state index contributed by atoms with van der Waals surface area (Å²) in [5.41, 5.74) is 2.51. The molecule has 1 aromatic carbocycles. The van der Waals surface area contributed by atoms with Crippen LogP contribution in [0.5, 0.6) is 5.75 Å². The highest BCUT2D eigenvalue weighted by Gasteiger charge is 2.36. The van der Waals surface area contributed by atoms with E-state index in [9.17, 15) is 4.79 Å². The van der Waals surface area contributed by atoms with Gasteiger partial charge < -0.3 is 4.74 Å². The van der Waals surface area contributed by atoms with Gasteiger partial charge in [-0.3, -0.25) is 4.79 Å². The van der Waals surface area contributed by atoms with E-state index >= 15 is 0 Å². The predicted octanol–water partition coefficient (Wildman–Crippen LogP) is 4.74. The van der Waals surface area contributed by atoms with Crippen molar-refractivity contribution in [2.24, 2.45) is 0 Å². The van der Waals surface area contributed by atoms with Crippen LogP contribution in [0.4, 0.5) is 0 Å². The number of carbonyl (C=O) groups excluding carboxylic acids is 1. The summed E-state index contributed by atoms with van der Waals surface area (Å²) in [4.78, 5) is 11.4. The van der Waals surface area contributed by atoms with E-state index in [0.717, 1.165) is 22.8 Å². The molecule has 2 fully saturated rings. The molecule has 0 amide bonds. The maximum absolute atomic E-state index is 11.4. The van der Waals surface area contributed by atoms with Crippen molar-refractivity contribution in [3.8, 4) is 5.75 Å². The molecule has 0 atom stereocenters. The molecule has 0 bridgehead atoms. The Hall–Kier alpha value is 0.0900. The smallest absolute Gasteiger partial charge is 0.308 e. The van der Waals surface area contributed by atoms with E-state index < -0.39 is 0 Å². The molecule has 0 spiro atoms. The van der Waals surface area contributed by atoms with Crippen molar-refractivity contribution < 1.29 is 9.53 Å². The van der Waals surface area contributed by atoms with Crippen LogP contribution in [0.25, 0.3) is 0 Å². The summed E-state index contributed by atoms with van der Waals surface area (Å²) in [5, 5.41) is 0. The fraction of sp³-hybridized carbons (Fsp3) is 0.533. The quantitative estimate of drug-likeness (QED) is 0.572. The van der Waals surface area contributed by atoms with Crippen molar-refractivity contribution in [1.29, 1.82) is 0 Å². The van der Waals surface area contributed by atoms with E-state index in [1.165, 1.54) is 24.0 Å². The number of benzene rings is 1. The zero-order chi connectivity index (χ0) is 14.9. The second-order valence-corrected chi connectivity index (χ2v) is 11.1. The summed E-state index contributed by atoms with van der Waals surface area (Å²) < 4.78 is 5.98. The summed E-state index contributed by atoms with van der Waals surface area (Å²) >= 11 is 7.91. The largest absolute Gasteiger partial charge is 0.426 e. The molecule has 21 heavy (non-hydrogen) atoms. The Labute approximate surface area is 142 Å². The first-order valence-electron chi connectivity index (χ1n) is 6.92. The van der Waals surface area contributed by atoms with Crippen molar-refractivity contribution in [1.82, 2.24) is 0 Å². The molecule has 2 aliphatic rings. The highest BCUT2D eigenvalue weighted by Crippen LogP contribution is 2.55. The van der Waals surface area contributed by atoms with Crippen LogP contribution in [-0.2, 0) is 8.87 Å². The third-order valence-electron chi connectivity index (χ3n) is 3.48. The Balaban J connectivity index is 1.98. The van der Waals surface area contributed by atoms with E-state index in [4.69, 9.17) is 4.74 Å². The molecule has 2 saturated heterocycles. The van der Waals surface area contributed by atoms with E-state index in [1.807, 2.05) is 53.1 Å². The predicted molar refractivity (Wildman–Crippen MR) is 97.7 cm³/mol. The molecular formula is C15H18O2S4. The van der Waals surface area contributed by atoms with E-state index in [0.29, 0.717) is 4.58 Å². The average molecular weight is 359 g/mol. The summed E-state index contributed by atoms with van der Waals surface area (Å²) in [7, 11) is 0.